The van der Waals surface area contributed by atoms with Crippen LogP contribution in [0.1, 0.15) is 18.5 Å². The number of hydrogen-bond acceptors (Lipinski definition) is 5. The first-order chi connectivity index (χ1) is 8.06. The third-order valence-corrected chi connectivity index (χ3v) is 2.99. The average Bonchev–Trinajstić information content (AvgIpc) is 2.28. The van der Waals surface area contributed by atoms with Gasteiger partial charge < -0.3 is 14.8 Å². The van der Waals surface area contributed by atoms with Crippen molar-refractivity contribution in [3.05, 3.63) is 22.1 Å². The molecule has 1 aliphatic rings. The van der Waals surface area contributed by atoms with Gasteiger partial charge in [0.05, 0.1) is 0 Å². The molecule has 2 rings (SSSR count). The van der Waals surface area contributed by atoms with Crippen molar-refractivity contribution in [2.24, 2.45) is 5.92 Å². The molecule has 1 N–H and O–H groups in total. The van der Waals surface area contributed by atoms with Crippen LogP contribution in [-0.4, -0.2) is 29.0 Å². The molecule has 17 heavy (non-hydrogen) atoms. The predicted octanol–water partition coefficient (Wildman–Crippen LogP) is -0.955. The minimum Gasteiger partial charge on any atom is -0.550 e. The number of nitrogens with zero attached hydrogens (tertiary/aromatic N) is 2. The lowest BCUT2D eigenvalue weighted by molar-refractivity contribution is -0.312. The predicted molar refractivity (Wildman–Crippen MR) is 59.5 cm³/mol. The molecule has 0 amide bonds. The number of carboxylic acid groups (broad SMARTS) is 1. The van der Waals surface area contributed by atoms with E-state index in [2.05, 4.69) is 9.97 Å². The quantitative estimate of drug-likeness (QED) is 0.714. The Kier molecular flexibility index (Phi) is 3.12. The molecule has 6 heteroatoms. The van der Waals surface area contributed by atoms with E-state index < -0.39 is 5.97 Å². The number of anilines is 1. The zero-order chi connectivity index (χ0) is 12.4. The molecule has 0 bridgehead atoms. The second kappa shape index (κ2) is 4.57. The number of aryl methyl sites for hydroxylation is 1. The van der Waals surface area contributed by atoms with E-state index in [-0.39, 0.29) is 11.5 Å². The Labute approximate surface area is 98.3 Å². The van der Waals surface area contributed by atoms with E-state index >= 15 is 0 Å². The van der Waals surface area contributed by atoms with Gasteiger partial charge in [0.2, 0.25) is 5.95 Å². The van der Waals surface area contributed by atoms with Crippen LogP contribution in [0.15, 0.2) is 10.9 Å². The van der Waals surface area contributed by atoms with Crippen molar-refractivity contribution in [1.82, 2.24) is 9.97 Å². The van der Waals surface area contributed by atoms with Crippen molar-refractivity contribution in [2.75, 3.05) is 18.0 Å². The van der Waals surface area contributed by atoms with Crippen molar-refractivity contribution in [3.8, 4) is 0 Å². The molecule has 1 aromatic rings. The summed E-state index contributed by atoms with van der Waals surface area (Å²) in [6.07, 6.45) is 1.06. The summed E-state index contributed by atoms with van der Waals surface area (Å²) < 4.78 is 0. The van der Waals surface area contributed by atoms with Crippen LogP contribution >= 0.6 is 0 Å². The SMILES string of the molecule is Cc1cc(=O)[nH]c(N2CCC(C(=O)[O-])CC2)n1. The number of carboxylic acids is 1. The molecule has 0 unspecified atom stereocenters. The topological polar surface area (TPSA) is 89.1 Å². The Hall–Kier alpha value is -1.85. The van der Waals surface area contributed by atoms with Gasteiger partial charge in [0.1, 0.15) is 0 Å². The largest absolute Gasteiger partial charge is 0.550 e. The highest BCUT2D eigenvalue weighted by Gasteiger charge is 2.21. The van der Waals surface area contributed by atoms with Crippen molar-refractivity contribution < 1.29 is 9.90 Å². The maximum absolute atomic E-state index is 11.3. The van der Waals surface area contributed by atoms with Gasteiger partial charge in [-0.25, -0.2) is 4.98 Å². The Morgan fingerprint density at radius 3 is 2.71 bits per heavy atom. The fourth-order valence-corrected chi connectivity index (χ4v) is 2.04. The highest BCUT2D eigenvalue weighted by Crippen LogP contribution is 2.19. The minimum atomic E-state index is -0.990. The van der Waals surface area contributed by atoms with Gasteiger partial charge in [0.25, 0.3) is 5.56 Å². The Morgan fingerprint density at radius 1 is 1.53 bits per heavy atom. The maximum Gasteiger partial charge on any atom is 0.252 e. The van der Waals surface area contributed by atoms with Gasteiger partial charge in [0, 0.05) is 36.7 Å². The Bertz CT molecular complexity index is 475. The number of aromatic amines is 1. The van der Waals surface area contributed by atoms with Crippen molar-refractivity contribution in [1.29, 1.82) is 0 Å². The fourth-order valence-electron chi connectivity index (χ4n) is 2.04. The molecule has 0 aromatic carbocycles. The summed E-state index contributed by atoms with van der Waals surface area (Å²) in [6, 6.07) is 1.43. The van der Waals surface area contributed by atoms with E-state index in [1.54, 1.807) is 6.92 Å². The molecule has 0 aliphatic carbocycles. The van der Waals surface area contributed by atoms with Gasteiger partial charge in [-0.1, -0.05) is 0 Å². The Morgan fingerprint density at radius 2 is 2.18 bits per heavy atom. The number of nitrogens with one attached hydrogen (secondary N) is 1. The number of aromatic nitrogens is 2. The molecular formula is C11H14N3O3-. The first-order valence-electron chi connectivity index (χ1n) is 5.60. The van der Waals surface area contributed by atoms with Gasteiger partial charge in [-0.3, -0.25) is 9.78 Å². The first-order valence-corrected chi connectivity index (χ1v) is 5.60. The van der Waals surface area contributed by atoms with Gasteiger partial charge in [-0.15, -0.1) is 0 Å². The number of carbonyl (C=O) groups is 1. The minimum absolute atomic E-state index is 0.186. The number of rotatable bonds is 2. The highest BCUT2D eigenvalue weighted by molar-refractivity contribution is 5.68. The number of carbonyl (C=O) groups excluding carboxylic acids is 1. The lowest BCUT2D eigenvalue weighted by Gasteiger charge is -2.32. The number of hydrogen-bond donors (Lipinski definition) is 1. The van der Waals surface area contributed by atoms with Crippen LogP contribution in [0, 0.1) is 12.8 Å². The number of aliphatic carboxylic acids is 1. The second-order valence-corrected chi connectivity index (χ2v) is 4.29. The van der Waals surface area contributed by atoms with E-state index in [1.165, 1.54) is 6.07 Å². The lowest BCUT2D eigenvalue weighted by Crippen LogP contribution is -2.42. The lowest BCUT2D eigenvalue weighted by atomic mass is 9.97. The molecule has 0 atom stereocenters. The molecular weight excluding hydrogens is 222 g/mol. The summed E-state index contributed by atoms with van der Waals surface area (Å²) in [5.41, 5.74) is 0.472. The zero-order valence-electron chi connectivity index (χ0n) is 9.60. The van der Waals surface area contributed by atoms with E-state index in [1.807, 2.05) is 4.90 Å². The van der Waals surface area contributed by atoms with Crippen LogP contribution in [0.5, 0.6) is 0 Å². The molecule has 0 radical (unpaired) electrons. The molecule has 1 aromatic heterocycles. The van der Waals surface area contributed by atoms with Crippen LogP contribution in [0.4, 0.5) is 5.95 Å². The molecule has 2 heterocycles. The normalized spacial score (nSPS) is 17.1. The van der Waals surface area contributed by atoms with Crippen LogP contribution in [0.3, 0.4) is 0 Å². The summed E-state index contributed by atoms with van der Waals surface area (Å²) in [7, 11) is 0. The molecule has 0 spiro atoms. The van der Waals surface area contributed by atoms with Crippen molar-refractivity contribution in [3.63, 3.8) is 0 Å². The number of piperidine rings is 1. The average molecular weight is 236 g/mol. The van der Waals surface area contributed by atoms with Crippen LogP contribution in [0.25, 0.3) is 0 Å². The molecule has 1 saturated heterocycles. The fraction of sp³-hybridized carbons (Fsp3) is 0.545. The summed E-state index contributed by atoms with van der Waals surface area (Å²) >= 11 is 0. The maximum atomic E-state index is 11.3. The van der Waals surface area contributed by atoms with Crippen LogP contribution in [-0.2, 0) is 4.79 Å². The van der Waals surface area contributed by atoms with Gasteiger partial charge in [-0.2, -0.15) is 0 Å². The van der Waals surface area contributed by atoms with E-state index in [4.69, 9.17) is 0 Å². The van der Waals surface area contributed by atoms with Crippen LogP contribution < -0.4 is 15.6 Å². The van der Waals surface area contributed by atoms with Crippen LogP contribution in [0.2, 0.25) is 0 Å². The summed E-state index contributed by atoms with van der Waals surface area (Å²) in [6.45, 7) is 2.91. The highest BCUT2D eigenvalue weighted by atomic mass is 16.4. The standard InChI is InChI=1S/C11H15N3O3/c1-7-6-9(15)13-11(12-7)14-4-2-8(3-5-14)10(16)17/h6,8H,2-5H2,1H3,(H,16,17)(H,12,13,15)/p-1. The smallest absolute Gasteiger partial charge is 0.252 e. The van der Waals surface area contributed by atoms with Gasteiger partial charge in [-0.05, 0) is 19.8 Å². The van der Waals surface area contributed by atoms with E-state index in [0.717, 1.165) is 0 Å². The summed E-state index contributed by atoms with van der Waals surface area (Å²) in [5, 5.41) is 10.7. The van der Waals surface area contributed by atoms with Gasteiger partial charge >= 0.3 is 0 Å². The molecule has 92 valence electrons. The first kappa shape index (κ1) is 11.6. The summed E-state index contributed by atoms with van der Waals surface area (Å²) in [4.78, 5) is 30.8. The Balaban J connectivity index is 2.10. The van der Waals surface area contributed by atoms with Gasteiger partial charge in [0.15, 0.2) is 0 Å². The van der Waals surface area contributed by atoms with Crippen molar-refractivity contribution in [2.45, 2.75) is 19.8 Å². The molecule has 0 saturated carbocycles. The van der Waals surface area contributed by atoms with E-state index in [9.17, 15) is 14.7 Å². The molecule has 6 nitrogen and oxygen atoms in total. The second-order valence-electron chi connectivity index (χ2n) is 4.29. The number of H-pyrrole nitrogens is 1. The molecule has 1 aliphatic heterocycles. The third kappa shape index (κ3) is 2.64. The van der Waals surface area contributed by atoms with Crippen molar-refractivity contribution >= 4 is 11.9 Å². The third-order valence-electron chi connectivity index (χ3n) is 2.99. The summed E-state index contributed by atoms with van der Waals surface area (Å²) in [5.74, 6) is -0.857. The monoisotopic (exact) mass is 236 g/mol. The van der Waals surface area contributed by atoms with E-state index in [0.29, 0.717) is 37.6 Å². The molecule has 1 fully saturated rings. The zero-order valence-corrected chi connectivity index (χ0v) is 9.60.